The minimum atomic E-state index is -3.07. The van der Waals surface area contributed by atoms with Gasteiger partial charge in [-0.05, 0) is 36.9 Å². The zero-order valence-electron chi connectivity index (χ0n) is 12.9. The highest BCUT2D eigenvalue weighted by molar-refractivity contribution is 7.98. The van der Waals surface area contributed by atoms with E-state index in [1.807, 2.05) is 6.26 Å². The Hall–Kier alpha value is -1.87. The van der Waals surface area contributed by atoms with Gasteiger partial charge < -0.3 is 5.32 Å². The second-order valence-electron chi connectivity index (χ2n) is 5.52. The van der Waals surface area contributed by atoms with Crippen LogP contribution in [0.1, 0.15) is 16.9 Å². The third kappa shape index (κ3) is 3.46. The quantitative estimate of drug-likeness (QED) is 0.829. The van der Waals surface area contributed by atoms with E-state index in [1.165, 1.54) is 30.1 Å². The lowest BCUT2D eigenvalue weighted by Gasteiger charge is -2.14. The zero-order valence-corrected chi connectivity index (χ0v) is 14.5. The van der Waals surface area contributed by atoms with E-state index in [2.05, 4.69) is 10.3 Å². The maximum absolute atomic E-state index is 13.1. The molecule has 0 spiro atoms. The Labute approximate surface area is 143 Å². The number of carbonyl (C=O) groups excluding carboxylic acids is 1. The molecule has 0 aliphatic carbocycles. The summed E-state index contributed by atoms with van der Waals surface area (Å²) in [7, 11) is -3.07. The number of hydrogen-bond acceptors (Lipinski definition) is 5. The Morgan fingerprint density at radius 2 is 2.08 bits per heavy atom. The van der Waals surface area contributed by atoms with Crippen molar-refractivity contribution < 1.29 is 17.6 Å². The SMILES string of the molecule is CSc1ncc(C(=O)NC2CCS(=O)(=O)C2)n1-c1ccc(F)cc1. The fourth-order valence-corrected chi connectivity index (χ4v) is 4.86. The predicted molar refractivity (Wildman–Crippen MR) is 89.8 cm³/mol. The summed E-state index contributed by atoms with van der Waals surface area (Å²) in [6.45, 7) is 0. The van der Waals surface area contributed by atoms with Crippen LogP contribution in [0, 0.1) is 5.82 Å². The Morgan fingerprint density at radius 3 is 2.67 bits per heavy atom. The topological polar surface area (TPSA) is 81.1 Å². The van der Waals surface area contributed by atoms with E-state index in [0.717, 1.165) is 0 Å². The maximum Gasteiger partial charge on any atom is 0.270 e. The number of aromatic nitrogens is 2. The third-order valence-corrected chi connectivity index (χ3v) is 6.22. The first-order chi connectivity index (χ1) is 11.4. The number of halogens is 1. The van der Waals surface area contributed by atoms with Crippen LogP contribution in [-0.4, -0.2) is 47.7 Å². The molecule has 1 N–H and O–H groups in total. The number of imidazole rings is 1. The molecule has 1 saturated heterocycles. The van der Waals surface area contributed by atoms with Crippen molar-refractivity contribution in [1.82, 2.24) is 14.9 Å². The van der Waals surface area contributed by atoms with Gasteiger partial charge in [0, 0.05) is 11.7 Å². The lowest BCUT2D eigenvalue weighted by molar-refractivity contribution is 0.0933. The van der Waals surface area contributed by atoms with Crippen LogP contribution in [0.3, 0.4) is 0 Å². The summed E-state index contributed by atoms with van der Waals surface area (Å²) in [5.74, 6) is -0.717. The van der Waals surface area contributed by atoms with E-state index in [-0.39, 0.29) is 23.0 Å². The molecule has 1 unspecified atom stereocenters. The number of thioether (sulfide) groups is 1. The average Bonchev–Trinajstić information content (AvgIpc) is 3.11. The first-order valence-corrected chi connectivity index (χ1v) is 10.3. The van der Waals surface area contributed by atoms with Gasteiger partial charge in [-0.1, -0.05) is 11.8 Å². The van der Waals surface area contributed by atoms with Crippen molar-refractivity contribution in [3.05, 3.63) is 42.0 Å². The van der Waals surface area contributed by atoms with Gasteiger partial charge in [0.1, 0.15) is 11.5 Å². The standard InChI is InChI=1S/C15H16FN3O3S2/c1-23-15-17-8-13(19(15)12-4-2-10(16)3-5-12)14(20)18-11-6-7-24(21,22)9-11/h2-5,8,11H,6-7,9H2,1H3,(H,18,20). The molecule has 3 rings (SSSR count). The highest BCUT2D eigenvalue weighted by Crippen LogP contribution is 2.22. The van der Waals surface area contributed by atoms with Gasteiger partial charge >= 0.3 is 0 Å². The van der Waals surface area contributed by atoms with Crippen LogP contribution in [0.15, 0.2) is 35.6 Å². The molecule has 9 heteroatoms. The predicted octanol–water partition coefficient (Wildman–Crippen LogP) is 1.65. The fraction of sp³-hybridized carbons (Fsp3) is 0.333. The van der Waals surface area contributed by atoms with E-state index >= 15 is 0 Å². The van der Waals surface area contributed by atoms with Crippen LogP contribution in [0.25, 0.3) is 5.69 Å². The number of hydrogen-bond donors (Lipinski definition) is 1. The molecule has 1 atom stereocenters. The second-order valence-corrected chi connectivity index (χ2v) is 8.52. The zero-order chi connectivity index (χ0) is 17.3. The largest absolute Gasteiger partial charge is 0.347 e. The number of rotatable bonds is 4. The minimum Gasteiger partial charge on any atom is -0.347 e. The van der Waals surface area contributed by atoms with Crippen molar-refractivity contribution >= 4 is 27.5 Å². The number of benzene rings is 1. The fourth-order valence-electron chi connectivity index (χ4n) is 2.65. The first kappa shape index (κ1) is 17.0. The van der Waals surface area contributed by atoms with Crippen LogP contribution < -0.4 is 5.32 Å². The molecule has 6 nitrogen and oxygen atoms in total. The molecule has 24 heavy (non-hydrogen) atoms. The van der Waals surface area contributed by atoms with Gasteiger partial charge in [0.15, 0.2) is 15.0 Å². The number of amides is 1. The third-order valence-electron chi connectivity index (χ3n) is 3.80. The molecule has 1 aliphatic rings. The molecule has 1 fully saturated rings. The van der Waals surface area contributed by atoms with Gasteiger partial charge in [-0.15, -0.1) is 0 Å². The Kier molecular flexibility index (Phi) is 4.64. The van der Waals surface area contributed by atoms with Crippen molar-refractivity contribution in [2.45, 2.75) is 17.6 Å². The van der Waals surface area contributed by atoms with Crippen LogP contribution in [0.2, 0.25) is 0 Å². The first-order valence-electron chi connectivity index (χ1n) is 7.28. The van der Waals surface area contributed by atoms with Gasteiger partial charge in [-0.3, -0.25) is 9.36 Å². The highest BCUT2D eigenvalue weighted by Gasteiger charge is 2.30. The van der Waals surface area contributed by atoms with Crippen molar-refractivity contribution in [2.75, 3.05) is 17.8 Å². The summed E-state index contributed by atoms with van der Waals surface area (Å²) in [5.41, 5.74) is 0.901. The molecule has 0 bridgehead atoms. The van der Waals surface area contributed by atoms with Crippen molar-refractivity contribution in [1.29, 1.82) is 0 Å². The molecule has 1 aromatic heterocycles. The van der Waals surface area contributed by atoms with E-state index in [0.29, 0.717) is 17.3 Å². The van der Waals surface area contributed by atoms with Crippen LogP contribution in [-0.2, 0) is 9.84 Å². The molecule has 0 saturated carbocycles. The Balaban J connectivity index is 1.89. The van der Waals surface area contributed by atoms with E-state index < -0.39 is 21.8 Å². The van der Waals surface area contributed by atoms with Gasteiger partial charge in [0.25, 0.3) is 5.91 Å². The van der Waals surface area contributed by atoms with E-state index in [4.69, 9.17) is 0 Å². The van der Waals surface area contributed by atoms with Gasteiger partial charge in [0.2, 0.25) is 0 Å². The molecule has 0 radical (unpaired) electrons. The van der Waals surface area contributed by atoms with Gasteiger partial charge in [-0.25, -0.2) is 17.8 Å². The molecular weight excluding hydrogens is 353 g/mol. The van der Waals surface area contributed by atoms with Crippen molar-refractivity contribution in [2.24, 2.45) is 0 Å². The molecule has 128 valence electrons. The summed E-state index contributed by atoms with van der Waals surface area (Å²) in [4.78, 5) is 16.8. The molecule has 2 heterocycles. The lowest BCUT2D eigenvalue weighted by Crippen LogP contribution is -2.36. The average molecular weight is 369 g/mol. The van der Waals surface area contributed by atoms with E-state index in [9.17, 15) is 17.6 Å². The number of nitrogens with one attached hydrogen (secondary N) is 1. The summed E-state index contributed by atoms with van der Waals surface area (Å²) >= 11 is 1.36. The molecule has 1 amide bonds. The normalized spacial score (nSPS) is 19.3. The van der Waals surface area contributed by atoms with Crippen molar-refractivity contribution in [3.8, 4) is 5.69 Å². The number of carbonyl (C=O) groups is 1. The van der Waals surface area contributed by atoms with Gasteiger partial charge in [0.05, 0.1) is 17.7 Å². The number of nitrogens with zero attached hydrogens (tertiary/aromatic N) is 2. The lowest BCUT2D eigenvalue weighted by atomic mass is 10.2. The molecule has 2 aromatic rings. The van der Waals surface area contributed by atoms with Crippen LogP contribution >= 0.6 is 11.8 Å². The summed E-state index contributed by atoms with van der Waals surface area (Å²) in [6, 6.07) is 5.35. The summed E-state index contributed by atoms with van der Waals surface area (Å²) < 4.78 is 37.8. The minimum absolute atomic E-state index is 0.0428. The molecular formula is C15H16FN3O3S2. The Morgan fingerprint density at radius 1 is 1.38 bits per heavy atom. The monoisotopic (exact) mass is 369 g/mol. The number of sulfone groups is 1. The maximum atomic E-state index is 13.1. The smallest absolute Gasteiger partial charge is 0.270 e. The van der Waals surface area contributed by atoms with E-state index in [1.54, 1.807) is 16.7 Å². The van der Waals surface area contributed by atoms with Gasteiger partial charge in [-0.2, -0.15) is 0 Å². The van der Waals surface area contributed by atoms with Crippen LogP contribution in [0.4, 0.5) is 4.39 Å². The molecule has 1 aromatic carbocycles. The van der Waals surface area contributed by atoms with Crippen LogP contribution in [0.5, 0.6) is 0 Å². The summed E-state index contributed by atoms with van der Waals surface area (Å²) in [5, 5.41) is 3.34. The summed E-state index contributed by atoms with van der Waals surface area (Å²) in [6.07, 6.45) is 3.68. The second kappa shape index (κ2) is 6.56. The molecule has 1 aliphatic heterocycles. The Bertz CT molecular complexity index is 863. The van der Waals surface area contributed by atoms with Crippen molar-refractivity contribution in [3.63, 3.8) is 0 Å². The highest BCUT2D eigenvalue weighted by atomic mass is 32.2.